The first-order chi connectivity index (χ1) is 10.2. The van der Waals surface area contributed by atoms with Crippen LogP contribution in [0.2, 0.25) is 0 Å². The molecule has 1 aliphatic heterocycles. The molecule has 7 nitrogen and oxygen atoms in total. The average Bonchev–Trinajstić information content (AvgIpc) is 3.01. The predicted octanol–water partition coefficient (Wildman–Crippen LogP) is 2.20. The first kappa shape index (κ1) is 16.8. The minimum atomic E-state index is -0.706. The molecule has 1 aromatic rings. The van der Waals surface area contributed by atoms with Crippen LogP contribution in [0.5, 0.6) is 0 Å². The molecule has 8 heteroatoms. The summed E-state index contributed by atoms with van der Waals surface area (Å²) in [6.07, 6.45) is 3.71. The SMILES string of the molecule is COC(Br)c1nc(C(O)CCCOC2CCCCO2)n[nH]1. The molecule has 0 amide bonds. The highest BCUT2D eigenvalue weighted by Gasteiger charge is 2.18. The normalized spacial score (nSPS) is 22.1. The Morgan fingerprint density at radius 3 is 3.10 bits per heavy atom. The van der Waals surface area contributed by atoms with Crippen molar-refractivity contribution < 1.29 is 19.3 Å². The van der Waals surface area contributed by atoms with Crippen molar-refractivity contribution >= 4 is 15.9 Å². The fourth-order valence-corrected chi connectivity index (χ4v) is 2.32. The van der Waals surface area contributed by atoms with Crippen molar-refractivity contribution in [3.05, 3.63) is 11.6 Å². The second-order valence-corrected chi connectivity index (χ2v) is 5.79. The second-order valence-electron chi connectivity index (χ2n) is 4.96. The van der Waals surface area contributed by atoms with Crippen LogP contribution in [0.4, 0.5) is 0 Å². The van der Waals surface area contributed by atoms with Gasteiger partial charge in [0.2, 0.25) is 0 Å². The number of aromatic nitrogens is 3. The number of alkyl halides is 1. The molecule has 0 saturated carbocycles. The largest absolute Gasteiger partial charge is 0.385 e. The van der Waals surface area contributed by atoms with E-state index in [-0.39, 0.29) is 11.3 Å². The van der Waals surface area contributed by atoms with E-state index in [1.165, 1.54) is 0 Å². The van der Waals surface area contributed by atoms with Gasteiger partial charge in [-0.3, -0.25) is 5.10 Å². The molecule has 0 bridgehead atoms. The topological polar surface area (TPSA) is 89.5 Å². The first-order valence-electron chi connectivity index (χ1n) is 7.21. The van der Waals surface area contributed by atoms with Gasteiger partial charge in [0, 0.05) is 20.3 Å². The van der Waals surface area contributed by atoms with Gasteiger partial charge in [0.05, 0.1) is 0 Å². The van der Waals surface area contributed by atoms with Gasteiger partial charge in [-0.1, -0.05) is 0 Å². The predicted molar refractivity (Wildman–Crippen MR) is 78.8 cm³/mol. The molecule has 3 unspecified atom stereocenters. The van der Waals surface area contributed by atoms with Crippen molar-refractivity contribution in [2.75, 3.05) is 20.3 Å². The number of aliphatic hydroxyl groups excluding tert-OH is 1. The zero-order valence-electron chi connectivity index (χ0n) is 12.1. The summed E-state index contributed by atoms with van der Waals surface area (Å²) in [4.78, 5) is 4.20. The van der Waals surface area contributed by atoms with Crippen molar-refractivity contribution in [3.8, 4) is 0 Å². The maximum Gasteiger partial charge on any atom is 0.179 e. The number of methoxy groups -OCH3 is 1. The maximum atomic E-state index is 10.0. The van der Waals surface area contributed by atoms with Crippen LogP contribution in [-0.2, 0) is 14.2 Å². The van der Waals surface area contributed by atoms with E-state index in [1.807, 2.05) is 0 Å². The zero-order valence-corrected chi connectivity index (χ0v) is 13.7. The van der Waals surface area contributed by atoms with Crippen LogP contribution in [0, 0.1) is 0 Å². The molecule has 1 aliphatic rings. The van der Waals surface area contributed by atoms with Crippen molar-refractivity contribution in [1.82, 2.24) is 15.2 Å². The Balaban J connectivity index is 1.66. The van der Waals surface area contributed by atoms with Crippen LogP contribution < -0.4 is 0 Å². The Labute approximate surface area is 132 Å². The van der Waals surface area contributed by atoms with E-state index in [2.05, 4.69) is 31.1 Å². The molecule has 1 fully saturated rings. The lowest BCUT2D eigenvalue weighted by atomic mass is 10.2. The number of H-pyrrole nitrogens is 1. The van der Waals surface area contributed by atoms with Crippen molar-refractivity contribution in [3.63, 3.8) is 0 Å². The van der Waals surface area contributed by atoms with E-state index in [4.69, 9.17) is 14.2 Å². The molecular formula is C13H22BrN3O4. The molecule has 21 heavy (non-hydrogen) atoms. The summed E-state index contributed by atoms with van der Waals surface area (Å²) in [6, 6.07) is 0. The minimum Gasteiger partial charge on any atom is -0.385 e. The monoisotopic (exact) mass is 363 g/mol. The molecule has 1 saturated heterocycles. The van der Waals surface area contributed by atoms with Gasteiger partial charge in [0.25, 0.3) is 0 Å². The van der Waals surface area contributed by atoms with Crippen LogP contribution >= 0.6 is 15.9 Å². The lowest BCUT2D eigenvalue weighted by molar-refractivity contribution is -0.163. The summed E-state index contributed by atoms with van der Waals surface area (Å²) < 4.78 is 16.2. The van der Waals surface area contributed by atoms with Gasteiger partial charge in [-0.15, -0.1) is 0 Å². The minimum absolute atomic E-state index is 0.0816. The van der Waals surface area contributed by atoms with Crippen LogP contribution in [0.1, 0.15) is 54.9 Å². The summed E-state index contributed by atoms with van der Waals surface area (Å²) >= 11 is 3.28. The van der Waals surface area contributed by atoms with Crippen molar-refractivity contribution in [2.45, 2.75) is 49.5 Å². The Kier molecular flexibility index (Phi) is 7.05. The number of halogens is 1. The van der Waals surface area contributed by atoms with Gasteiger partial charge in [-0.25, -0.2) is 4.98 Å². The smallest absolute Gasteiger partial charge is 0.179 e. The van der Waals surface area contributed by atoms with Gasteiger partial charge in [-0.05, 0) is 48.0 Å². The number of hydrogen-bond donors (Lipinski definition) is 2. The third-order valence-electron chi connectivity index (χ3n) is 3.30. The highest BCUT2D eigenvalue weighted by molar-refractivity contribution is 9.09. The summed E-state index contributed by atoms with van der Waals surface area (Å²) in [6.45, 7) is 1.35. The summed E-state index contributed by atoms with van der Waals surface area (Å²) in [5.41, 5.74) is 0. The Morgan fingerprint density at radius 2 is 2.38 bits per heavy atom. The highest BCUT2D eigenvalue weighted by Crippen LogP contribution is 2.22. The fourth-order valence-electron chi connectivity index (χ4n) is 2.11. The van der Waals surface area contributed by atoms with Crippen LogP contribution in [0.25, 0.3) is 0 Å². The maximum absolute atomic E-state index is 10.0. The number of nitrogens with one attached hydrogen (secondary N) is 1. The van der Waals surface area contributed by atoms with Crippen molar-refractivity contribution in [2.24, 2.45) is 0 Å². The van der Waals surface area contributed by atoms with E-state index in [9.17, 15) is 5.11 Å². The van der Waals surface area contributed by atoms with Gasteiger partial charge in [-0.2, -0.15) is 5.10 Å². The molecule has 0 aromatic carbocycles. The van der Waals surface area contributed by atoms with Gasteiger partial charge in [0.15, 0.2) is 23.0 Å². The number of aliphatic hydroxyl groups is 1. The van der Waals surface area contributed by atoms with E-state index in [0.717, 1.165) is 32.3 Å². The number of hydrogen-bond acceptors (Lipinski definition) is 6. The Hall–Kier alpha value is -0.540. The van der Waals surface area contributed by atoms with Gasteiger partial charge < -0.3 is 19.3 Å². The van der Waals surface area contributed by atoms with Gasteiger partial charge in [0.1, 0.15) is 6.10 Å². The van der Waals surface area contributed by atoms with Crippen LogP contribution in [0.3, 0.4) is 0 Å². The molecule has 1 aromatic heterocycles. The quantitative estimate of drug-likeness (QED) is 0.543. The number of ether oxygens (including phenoxy) is 3. The lowest BCUT2D eigenvalue weighted by Crippen LogP contribution is -2.22. The number of nitrogens with zero attached hydrogens (tertiary/aromatic N) is 2. The fraction of sp³-hybridized carbons (Fsp3) is 0.846. The lowest BCUT2D eigenvalue weighted by Gasteiger charge is -2.22. The molecule has 0 radical (unpaired) electrons. The molecular weight excluding hydrogens is 342 g/mol. The molecule has 0 aliphatic carbocycles. The standard InChI is InChI=1S/C13H22BrN3O4/c1-19-11(14)13-15-12(16-17-13)9(18)5-4-8-21-10-6-2-3-7-20-10/h9-11,18H,2-8H2,1H3,(H,15,16,17). The van der Waals surface area contributed by atoms with Crippen LogP contribution in [0.15, 0.2) is 0 Å². The molecule has 2 N–H and O–H groups in total. The third-order valence-corrected chi connectivity index (χ3v) is 4.11. The summed E-state index contributed by atoms with van der Waals surface area (Å²) in [5, 5.41) is 16.4. The zero-order chi connectivity index (χ0) is 15.1. The molecule has 2 heterocycles. The van der Waals surface area contributed by atoms with Crippen molar-refractivity contribution in [1.29, 1.82) is 0 Å². The number of rotatable bonds is 8. The summed E-state index contributed by atoms with van der Waals surface area (Å²) in [7, 11) is 1.56. The average molecular weight is 364 g/mol. The van der Waals surface area contributed by atoms with E-state index >= 15 is 0 Å². The first-order valence-corrected chi connectivity index (χ1v) is 8.12. The summed E-state index contributed by atoms with van der Waals surface area (Å²) in [5.74, 6) is 0.916. The molecule has 120 valence electrons. The number of aromatic amines is 1. The molecule has 3 atom stereocenters. The Bertz CT molecular complexity index is 412. The van der Waals surface area contributed by atoms with E-state index < -0.39 is 6.10 Å². The van der Waals surface area contributed by atoms with Crippen LogP contribution in [-0.4, -0.2) is 46.9 Å². The molecule has 2 rings (SSSR count). The second kappa shape index (κ2) is 8.79. The highest BCUT2D eigenvalue weighted by atomic mass is 79.9. The van der Waals surface area contributed by atoms with Gasteiger partial charge >= 0.3 is 0 Å². The molecule has 0 spiro atoms. The van der Waals surface area contributed by atoms with E-state index in [0.29, 0.717) is 24.7 Å². The van der Waals surface area contributed by atoms with E-state index in [1.54, 1.807) is 7.11 Å². The Morgan fingerprint density at radius 1 is 1.52 bits per heavy atom. The third kappa shape index (κ3) is 5.30.